The summed E-state index contributed by atoms with van der Waals surface area (Å²) in [7, 11) is 0. The number of aromatic nitrogens is 3. The van der Waals surface area contributed by atoms with E-state index in [2.05, 4.69) is 27.0 Å². The van der Waals surface area contributed by atoms with E-state index in [0.717, 1.165) is 38.7 Å². The third kappa shape index (κ3) is 4.11. The largest absolute Gasteiger partial charge is 0.349 e. The Hall–Kier alpha value is -2.12. The van der Waals surface area contributed by atoms with Gasteiger partial charge in [0, 0.05) is 29.2 Å². The van der Waals surface area contributed by atoms with Crippen LogP contribution in [0.15, 0.2) is 40.7 Å². The molecule has 5 nitrogen and oxygen atoms in total. The van der Waals surface area contributed by atoms with Gasteiger partial charge in [-0.15, -0.1) is 10.2 Å². The van der Waals surface area contributed by atoms with Crippen LogP contribution in [0.3, 0.4) is 0 Å². The molecule has 0 atom stereocenters. The molecule has 0 aliphatic heterocycles. The molecule has 3 rings (SSSR count). The summed E-state index contributed by atoms with van der Waals surface area (Å²) < 4.78 is 2.95. The Kier molecular flexibility index (Phi) is 5.55. The highest BCUT2D eigenvalue weighted by Gasteiger charge is 2.16. The lowest BCUT2D eigenvalue weighted by atomic mass is 10.2. The number of rotatable bonds is 7. The number of ketones is 1. The van der Waals surface area contributed by atoms with Crippen molar-refractivity contribution in [3.63, 3.8) is 0 Å². The number of hydrogen-bond acceptors (Lipinski definition) is 6. The SMILES string of the molecule is CCn1c(C)cc(C(=O)CSc2nnc(Nc3ccccc3)s2)c1C. The van der Waals surface area contributed by atoms with Gasteiger partial charge in [-0.3, -0.25) is 4.79 Å². The van der Waals surface area contributed by atoms with Crippen molar-refractivity contribution >= 4 is 39.7 Å². The van der Waals surface area contributed by atoms with Crippen molar-refractivity contribution in [1.29, 1.82) is 0 Å². The van der Waals surface area contributed by atoms with E-state index < -0.39 is 0 Å². The molecule has 7 heteroatoms. The van der Waals surface area contributed by atoms with Gasteiger partial charge in [0.05, 0.1) is 5.75 Å². The van der Waals surface area contributed by atoms with Gasteiger partial charge in [-0.05, 0) is 39.0 Å². The fourth-order valence-corrected chi connectivity index (χ4v) is 4.39. The molecule has 0 bridgehead atoms. The second-order valence-electron chi connectivity index (χ2n) is 5.61. The Labute approximate surface area is 155 Å². The normalized spacial score (nSPS) is 10.8. The quantitative estimate of drug-likeness (QED) is 0.481. The number of carbonyl (C=O) groups is 1. The van der Waals surface area contributed by atoms with E-state index >= 15 is 0 Å². The molecule has 2 heterocycles. The summed E-state index contributed by atoms with van der Waals surface area (Å²) in [6, 6.07) is 11.8. The Morgan fingerprint density at radius 2 is 2.00 bits per heavy atom. The number of para-hydroxylation sites is 1. The topological polar surface area (TPSA) is 59.8 Å². The minimum absolute atomic E-state index is 0.130. The minimum atomic E-state index is 0.130. The van der Waals surface area contributed by atoms with Crippen LogP contribution in [0.2, 0.25) is 0 Å². The van der Waals surface area contributed by atoms with Crippen LogP contribution < -0.4 is 5.32 Å². The van der Waals surface area contributed by atoms with E-state index in [-0.39, 0.29) is 5.78 Å². The molecule has 0 fully saturated rings. The van der Waals surface area contributed by atoms with Crippen LogP contribution in [0, 0.1) is 13.8 Å². The predicted octanol–water partition coefficient (Wildman–Crippen LogP) is 4.69. The summed E-state index contributed by atoms with van der Waals surface area (Å²) in [6.07, 6.45) is 0. The van der Waals surface area contributed by atoms with Crippen molar-refractivity contribution in [3.8, 4) is 0 Å². The first-order valence-corrected chi connectivity index (χ1v) is 9.87. The minimum Gasteiger partial charge on any atom is -0.349 e. The second-order valence-corrected chi connectivity index (χ2v) is 7.81. The molecule has 25 heavy (non-hydrogen) atoms. The zero-order valence-corrected chi connectivity index (χ0v) is 16.1. The van der Waals surface area contributed by atoms with Crippen LogP contribution in [-0.2, 0) is 6.54 Å². The van der Waals surface area contributed by atoms with Crippen LogP contribution in [-0.4, -0.2) is 26.3 Å². The molecule has 0 radical (unpaired) electrons. The van der Waals surface area contributed by atoms with E-state index in [9.17, 15) is 4.79 Å². The molecular weight excluding hydrogens is 352 g/mol. The molecule has 3 aromatic rings. The Morgan fingerprint density at radius 3 is 2.68 bits per heavy atom. The molecule has 0 amide bonds. The monoisotopic (exact) mass is 372 g/mol. The van der Waals surface area contributed by atoms with Gasteiger partial charge in [0.15, 0.2) is 10.1 Å². The number of aryl methyl sites for hydroxylation is 1. The zero-order valence-electron chi connectivity index (χ0n) is 14.4. The molecule has 0 unspecified atom stereocenters. The van der Waals surface area contributed by atoms with E-state index in [1.807, 2.05) is 50.2 Å². The summed E-state index contributed by atoms with van der Waals surface area (Å²) in [5, 5.41) is 12.2. The standard InChI is InChI=1S/C18H20N4OS2/c1-4-22-12(2)10-15(13(22)3)16(23)11-24-18-21-20-17(25-18)19-14-8-6-5-7-9-14/h5-10H,4,11H2,1-3H3,(H,19,20). The van der Waals surface area contributed by atoms with Crippen LogP contribution in [0.5, 0.6) is 0 Å². The van der Waals surface area contributed by atoms with Crippen molar-refractivity contribution in [3.05, 3.63) is 53.3 Å². The van der Waals surface area contributed by atoms with Gasteiger partial charge in [-0.2, -0.15) is 0 Å². The molecule has 2 aromatic heterocycles. The first-order valence-electron chi connectivity index (χ1n) is 8.06. The average Bonchev–Trinajstić information content (AvgIpc) is 3.17. The lowest BCUT2D eigenvalue weighted by molar-refractivity contribution is 0.102. The van der Waals surface area contributed by atoms with Crippen molar-refractivity contribution in [1.82, 2.24) is 14.8 Å². The van der Waals surface area contributed by atoms with Crippen molar-refractivity contribution < 1.29 is 4.79 Å². The number of carbonyl (C=O) groups excluding carboxylic acids is 1. The molecule has 1 aromatic carbocycles. The highest BCUT2D eigenvalue weighted by atomic mass is 32.2. The van der Waals surface area contributed by atoms with E-state index in [1.165, 1.54) is 23.1 Å². The van der Waals surface area contributed by atoms with Crippen molar-refractivity contribution in [2.45, 2.75) is 31.7 Å². The van der Waals surface area contributed by atoms with Gasteiger partial charge in [0.1, 0.15) is 0 Å². The summed E-state index contributed by atoms with van der Waals surface area (Å²) in [6.45, 7) is 7.00. The van der Waals surface area contributed by atoms with E-state index in [4.69, 9.17) is 0 Å². The Bertz CT molecular complexity index is 871. The number of benzene rings is 1. The first kappa shape index (κ1) is 17.7. The maximum atomic E-state index is 12.5. The number of Topliss-reactive ketones (excluding diaryl/α,β-unsaturated/α-hetero) is 1. The van der Waals surface area contributed by atoms with Gasteiger partial charge in [-0.25, -0.2) is 0 Å². The van der Waals surface area contributed by atoms with Crippen molar-refractivity contribution in [2.24, 2.45) is 0 Å². The fourth-order valence-electron chi connectivity index (χ4n) is 2.74. The number of hydrogen-bond donors (Lipinski definition) is 1. The molecule has 0 spiro atoms. The maximum absolute atomic E-state index is 12.5. The van der Waals surface area contributed by atoms with Gasteiger partial charge >= 0.3 is 0 Å². The van der Waals surface area contributed by atoms with Crippen molar-refractivity contribution in [2.75, 3.05) is 11.1 Å². The molecule has 0 saturated heterocycles. The third-order valence-electron chi connectivity index (χ3n) is 3.95. The first-order chi connectivity index (χ1) is 12.1. The summed E-state index contributed by atoms with van der Waals surface area (Å²) in [5.74, 6) is 0.499. The Morgan fingerprint density at radius 1 is 1.24 bits per heavy atom. The van der Waals surface area contributed by atoms with Crippen LogP contribution in [0.1, 0.15) is 28.7 Å². The van der Waals surface area contributed by atoms with Gasteiger partial charge in [-0.1, -0.05) is 41.3 Å². The number of nitrogens with one attached hydrogen (secondary N) is 1. The molecule has 1 N–H and O–H groups in total. The Balaban J connectivity index is 1.61. The molecule has 0 aliphatic carbocycles. The third-order valence-corrected chi connectivity index (χ3v) is 5.92. The van der Waals surface area contributed by atoms with Gasteiger partial charge in [0.2, 0.25) is 5.13 Å². The molecule has 0 saturated carbocycles. The molecule has 130 valence electrons. The van der Waals surface area contributed by atoms with Crippen LogP contribution in [0.4, 0.5) is 10.8 Å². The highest BCUT2D eigenvalue weighted by Crippen LogP contribution is 2.28. The van der Waals surface area contributed by atoms with Crippen LogP contribution in [0.25, 0.3) is 0 Å². The molecular formula is C18H20N4OS2. The second kappa shape index (κ2) is 7.84. The number of anilines is 2. The maximum Gasteiger partial charge on any atom is 0.210 e. The predicted molar refractivity (Wildman–Crippen MR) is 104 cm³/mol. The van der Waals surface area contributed by atoms with Crippen LogP contribution >= 0.6 is 23.1 Å². The summed E-state index contributed by atoms with van der Waals surface area (Å²) in [5.41, 5.74) is 3.94. The molecule has 0 aliphatic rings. The fraction of sp³-hybridized carbons (Fsp3) is 0.278. The number of thioether (sulfide) groups is 1. The summed E-state index contributed by atoms with van der Waals surface area (Å²) >= 11 is 2.89. The average molecular weight is 373 g/mol. The highest BCUT2D eigenvalue weighted by molar-refractivity contribution is 8.01. The van der Waals surface area contributed by atoms with E-state index in [1.54, 1.807) is 0 Å². The summed E-state index contributed by atoms with van der Waals surface area (Å²) in [4.78, 5) is 12.5. The number of nitrogens with zero attached hydrogens (tertiary/aromatic N) is 3. The van der Waals surface area contributed by atoms with E-state index in [0.29, 0.717) is 5.75 Å². The lowest BCUT2D eigenvalue weighted by Gasteiger charge is -2.05. The van der Waals surface area contributed by atoms with Gasteiger partial charge in [0.25, 0.3) is 0 Å². The smallest absolute Gasteiger partial charge is 0.210 e. The zero-order chi connectivity index (χ0) is 17.8. The lowest BCUT2D eigenvalue weighted by Crippen LogP contribution is -2.05. The van der Waals surface area contributed by atoms with Gasteiger partial charge < -0.3 is 9.88 Å².